The van der Waals surface area contributed by atoms with E-state index < -0.39 is 0 Å². The van der Waals surface area contributed by atoms with E-state index in [0.29, 0.717) is 0 Å². The topological polar surface area (TPSA) is 31.2 Å². The van der Waals surface area contributed by atoms with Gasteiger partial charge in [0, 0.05) is 23.9 Å². The zero-order valence-corrected chi connectivity index (χ0v) is 11.9. The average Bonchev–Trinajstić information content (AvgIpc) is 2.84. The summed E-state index contributed by atoms with van der Waals surface area (Å²) < 4.78 is 8.01. The minimum atomic E-state index is -0.0141. The normalized spacial score (nSPS) is 29.6. The first kappa shape index (κ1) is 12.8. The van der Waals surface area contributed by atoms with Crippen LogP contribution in [0.4, 0.5) is 0 Å². The van der Waals surface area contributed by atoms with Crippen LogP contribution in [0, 0.1) is 5.92 Å². The third kappa shape index (κ3) is 2.09. The summed E-state index contributed by atoms with van der Waals surface area (Å²) in [7, 11) is 0. The largest absolute Gasteiger partial charge is 0.461 e. The van der Waals surface area contributed by atoms with Crippen molar-refractivity contribution in [3.05, 3.63) is 23.5 Å². The van der Waals surface area contributed by atoms with Crippen LogP contribution in [-0.2, 0) is 22.5 Å². The zero-order chi connectivity index (χ0) is 13.4. The van der Waals surface area contributed by atoms with Crippen LogP contribution in [0.5, 0.6) is 0 Å². The first-order valence-electron chi connectivity index (χ1n) is 7.61. The molecule has 0 unspecified atom stereocenters. The number of carbonyl (C=O) groups is 1. The molecule has 0 amide bonds. The van der Waals surface area contributed by atoms with E-state index in [1.54, 1.807) is 0 Å². The van der Waals surface area contributed by atoms with Crippen molar-refractivity contribution in [3.63, 3.8) is 0 Å². The number of aryl methyl sites for hydroxylation is 1. The summed E-state index contributed by atoms with van der Waals surface area (Å²) >= 11 is 0. The lowest BCUT2D eigenvalue weighted by atomic mass is 9.88. The Morgan fingerprint density at radius 2 is 2.26 bits per heavy atom. The highest BCUT2D eigenvalue weighted by Crippen LogP contribution is 2.41. The smallest absolute Gasteiger partial charge is 0.309 e. The molecule has 0 bridgehead atoms. The van der Waals surface area contributed by atoms with E-state index in [4.69, 9.17) is 4.74 Å². The van der Waals surface area contributed by atoms with Gasteiger partial charge in [-0.15, -0.1) is 0 Å². The number of fused-ring (bicyclic) bond motifs is 3. The number of hydrogen-bond donors (Lipinski definition) is 0. The molecule has 104 valence electrons. The molecule has 3 rings (SSSR count). The van der Waals surface area contributed by atoms with Gasteiger partial charge in [0.1, 0.15) is 6.10 Å². The van der Waals surface area contributed by atoms with Crippen LogP contribution < -0.4 is 0 Å². The quantitative estimate of drug-likeness (QED) is 0.782. The van der Waals surface area contributed by atoms with Crippen molar-refractivity contribution in [2.24, 2.45) is 5.92 Å². The van der Waals surface area contributed by atoms with Gasteiger partial charge in [-0.05, 0) is 37.8 Å². The van der Waals surface area contributed by atoms with Crippen LogP contribution in [0.3, 0.4) is 0 Å². The molecule has 0 aliphatic carbocycles. The van der Waals surface area contributed by atoms with Gasteiger partial charge >= 0.3 is 5.97 Å². The number of rotatable bonds is 3. The first-order valence-corrected chi connectivity index (χ1v) is 7.61. The SMILES string of the molecule is CCCCc1ccc2n1CCC[C@@H]1OC(=O)[C@@H](C)[C@H]21. The highest BCUT2D eigenvalue weighted by molar-refractivity contribution is 5.76. The molecule has 3 nitrogen and oxygen atoms in total. The van der Waals surface area contributed by atoms with Crippen LogP contribution in [0.25, 0.3) is 0 Å². The Hall–Kier alpha value is -1.25. The predicted octanol–water partition coefficient (Wildman–Crippen LogP) is 3.27. The third-order valence-corrected chi connectivity index (χ3v) is 4.68. The molecule has 3 heteroatoms. The minimum Gasteiger partial charge on any atom is -0.461 e. The number of ether oxygens (including phenoxy) is 1. The van der Waals surface area contributed by atoms with Crippen molar-refractivity contribution in [1.82, 2.24) is 4.57 Å². The molecule has 0 aromatic carbocycles. The molecular weight excluding hydrogens is 238 g/mol. The summed E-state index contributed by atoms with van der Waals surface area (Å²) in [6.45, 7) is 5.33. The lowest BCUT2D eigenvalue weighted by Crippen LogP contribution is -2.18. The maximum Gasteiger partial charge on any atom is 0.309 e. The molecule has 0 saturated carbocycles. The Morgan fingerprint density at radius 3 is 3.05 bits per heavy atom. The van der Waals surface area contributed by atoms with Crippen molar-refractivity contribution < 1.29 is 9.53 Å². The summed E-state index contributed by atoms with van der Waals surface area (Å²) in [6, 6.07) is 4.48. The molecular formula is C16H23NO2. The standard InChI is InChI=1S/C16H23NO2/c1-3-4-6-12-8-9-13-15-11(2)16(18)19-14(15)7-5-10-17(12)13/h8-9,11,14-15H,3-7,10H2,1-2H3/t11-,14-,15+/m0/s1. The zero-order valence-electron chi connectivity index (χ0n) is 11.9. The Balaban J connectivity index is 1.94. The van der Waals surface area contributed by atoms with E-state index in [-0.39, 0.29) is 23.9 Å². The third-order valence-electron chi connectivity index (χ3n) is 4.68. The molecule has 2 aliphatic rings. The molecule has 1 aromatic rings. The number of carbonyl (C=O) groups excluding carboxylic acids is 1. The van der Waals surface area contributed by atoms with Gasteiger partial charge < -0.3 is 9.30 Å². The second kappa shape index (κ2) is 5.03. The molecule has 1 aromatic heterocycles. The predicted molar refractivity (Wildman–Crippen MR) is 74.1 cm³/mol. The fourth-order valence-electron chi connectivity index (χ4n) is 3.60. The Kier molecular flexibility index (Phi) is 3.38. The van der Waals surface area contributed by atoms with Crippen molar-refractivity contribution in [3.8, 4) is 0 Å². The van der Waals surface area contributed by atoms with Crippen LogP contribution in [0.1, 0.15) is 56.8 Å². The Morgan fingerprint density at radius 1 is 1.42 bits per heavy atom. The van der Waals surface area contributed by atoms with Gasteiger partial charge in [-0.3, -0.25) is 4.79 Å². The molecule has 0 N–H and O–H groups in total. The molecule has 2 aliphatic heterocycles. The van der Waals surface area contributed by atoms with Gasteiger partial charge in [-0.2, -0.15) is 0 Å². The number of esters is 1. The summed E-state index contributed by atoms with van der Waals surface area (Å²) in [4.78, 5) is 11.8. The lowest BCUT2D eigenvalue weighted by Gasteiger charge is -2.18. The maximum atomic E-state index is 11.8. The highest BCUT2D eigenvalue weighted by Gasteiger charge is 2.44. The van der Waals surface area contributed by atoms with E-state index in [2.05, 4.69) is 23.6 Å². The second-order valence-electron chi connectivity index (χ2n) is 5.94. The first-order chi connectivity index (χ1) is 9.22. The number of aromatic nitrogens is 1. The maximum absolute atomic E-state index is 11.8. The molecule has 0 spiro atoms. The highest BCUT2D eigenvalue weighted by atomic mass is 16.6. The van der Waals surface area contributed by atoms with Gasteiger partial charge in [-0.25, -0.2) is 0 Å². The van der Waals surface area contributed by atoms with E-state index >= 15 is 0 Å². The molecule has 1 saturated heterocycles. The van der Waals surface area contributed by atoms with Crippen LogP contribution in [0.15, 0.2) is 12.1 Å². The molecule has 3 heterocycles. The summed E-state index contributed by atoms with van der Waals surface area (Å²) in [5, 5.41) is 0. The van der Waals surface area contributed by atoms with E-state index in [0.717, 1.165) is 25.8 Å². The lowest BCUT2D eigenvalue weighted by molar-refractivity contribution is -0.144. The van der Waals surface area contributed by atoms with Crippen LogP contribution in [-0.4, -0.2) is 16.6 Å². The Labute approximate surface area is 114 Å². The van der Waals surface area contributed by atoms with Gasteiger partial charge in [0.05, 0.1) is 5.92 Å². The van der Waals surface area contributed by atoms with Crippen molar-refractivity contribution >= 4 is 5.97 Å². The van der Waals surface area contributed by atoms with E-state index in [9.17, 15) is 4.79 Å². The monoisotopic (exact) mass is 261 g/mol. The fourth-order valence-corrected chi connectivity index (χ4v) is 3.60. The average molecular weight is 261 g/mol. The van der Waals surface area contributed by atoms with Crippen LogP contribution in [0.2, 0.25) is 0 Å². The van der Waals surface area contributed by atoms with E-state index in [1.807, 2.05) is 6.92 Å². The summed E-state index contributed by atoms with van der Waals surface area (Å²) in [6.07, 6.45) is 5.85. The summed E-state index contributed by atoms with van der Waals surface area (Å²) in [5.74, 6) is 0.265. The van der Waals surface area contributed by atoms with E-state index in [1.165, 1.54) is 24.2 Å². The number of nitrogens with zero attached hydrogens (tertiary/aromatic N) is 1. The van der Waals surface area contributed by atoms with Gasteiger partial charge in [0.25, 0.3) is 0 Å². The molecule has 1 fully saturated rings. The molecule has 19 heavy (non-hydrogen) atoms. The van der Waals surface area contributed by atoms with Gasteiger partial charge in [-0.1, -0.05) is 20.3 Å². The second-order valence-corrected chi connectivity index (χ2v) is 5.94. The molecule has 3 atom stereocenters. The number of unbranched alkanes of at least 4 members (excludes halogenated alkanes) is 1. The minimum absolute atomic E-state index is 0.00998. The van der Waals surface area contributed by atoms with Crippen molar-refractivity contribution in [2.75, 3.05) is 0 Å². The van der Waals surface area contributed by atoms with Crippen molar-refractivity contribution in [2.45, 2.75) is 64.5 Å². The Bertz CT molecular complexity index is 477. The van der Waals surface area contributed by atoms with Gasteiger partial charge in [0.2, 0.25) is 0 Å². The number of hydrogen-bond acceptors (Lipinski definition) is 2. The fraction of sp³-hybridized carbons (Fsp3) is 0.688. The van der Waals surface area contributed by atoms with Crippen molar-refractivity contribution in [1.29, 1.82) is 0 Å². The summed E-state index contributed by atoms with van der Waals surface area (Å²) in [5.41, 5.74) is 2.76. The van der Waals surface area contributed by atoms with Crippen LogP contribution >= 0.6 is 0 Å². The molecule has 0 radical (unpaired) electrons. The van der Waals surface area contributed by atoms with Gasteiger partial charge in [0.15, 0.2) is 0 Å².